The highest BCUT2D eigenvalue weighted by atomic mass is 32.2. The van der Waals surface area contributed by atoms with E-state index < -0.39 is 0 Å². The lowest BCUT2D eigenvalue weighted by molar-refractivity contribution is 0.672. The van der Waals surface area contributed by atoms with Gasteiger partial charge in [0.05, 0.1) is 6.04 Å². The van der Waals surface area contributed by atoms with Gasteiger partial charge in [-0.3, -0.25) is 0 Å². The predicted molar refractivity (Wildman–Crippen MR) is 37.9 cm³/mol. The fourth-order valence-electron chi connectivity index (χ4n) is 0.672. The van der Waals surface area contributed by atoms with Crippen LogP contribution in [0.2, 0.25) is 0 Å². The smallest absolute Gasteiger partial charge is 0.0778 e. The molecule has 1 unspecified atom stereocenters. The molecule has 1 heterocycles. The van der Waals surface area contributed by atoms with Gasteiger partial charge in [0.15, 0.2) is 0 Å². The van der Waals surface area contributed by atoms with Crippen molar-refractivity contribution in [3.63, 3.8) is 0 Å². The lowest BCUT2D eigenvalue weighted by atomic mass is 10.3. The Morgan fingerprint density at radius 2 is 2.62 bits per heavy atom. The van der Waals surface area contributed by atoms with Crippen molar-refractivity contribution in [3.05, 3.63) is 0 Å². The summed E-state index contributed by atoms with van der Waals surface area (Å²) in [6.45, 7) is 1.07. The maximum absolute atomic E-state index is 5.18. The molecule has 0 radical (unpaired) electrons. The summed E-state index contributed by atoms with van der Waals surface area (Å²) in [5.74, 6) is 4.96. The van der Waals surface area contributed by atoms with Crippen molar-refractivity contribution in [2.75, 3.05) is 18.1 Å². The van der Waals surface area contributed by atoms with E-state index in [2.05, 4.69) is 11.2 Å². The van der Waals surface area contributed by atoms with Crippen LogP contribution in [0, 0.1) is 12.3 Å². The summed E-state index contributed by atoms with van der Waals surface area (Å²) >= 11 is 1.92. The van der Waals surface area contributed by atoms with Crippen LogP contribution in [-0.2, 0) is 0 Å². The van der Waals surface area contributed by atoms with Crippen LogP contribution in [0.5, 0.6) is 0 Å². The molecule has 0 aromatic heterocycles. The third-order valence-electron chi connectivity index (χ3n) is 1.12. The van der Waals surface area contributed by atoms with E-state index in [4.69, 9.17) is 6.42 Å². The molecule has 0 amide bonds. The Morgan fingerprint density at radius 3 is 3.00 bits per heavy atom. The number of terminal acetylenes is 1. The van der Waals surface area contributed by atoms with Crippen molar-refractivity contribution in [3.8, 4) is 12.3 Å². The van der Waals surface area contributed by atoms with E-state index in [-0.39, 0.29) is 0 Å². The van der Waals surface area contributed by atoms with Gasteiger partial charge in [-0.05, 0) is 0 Å². The van der Waals surface area contributed by atoms with Crippen molar-refractivity contribution in [2.45, 2.75) is 6.04 Å². The minimum Gasteiger partial charge on any atom is -0.302 e. The molecule has 1 N–H and O–H groups in total. The van der Waals surface area contributed by atoms with Gasteiger partial charge in [-0.15, -0.1) is 6.42 Å². The Morgan fingerprint density at radius 1 is 1.75 bits per heavy atom. The summed E-state index contributed by atoms with van der Waals surface area (Å²) < 4.78 is 0. The van der Waals surface area contributed by atoms with Crippen LogP contribution < -0.4 is 5.32 Å². The number of hydrogen-bond donors (Lipinski definition) is 1. The lowest BCUT2D eigenvalue weighted by Crippen LogP contribution is -2.35. The predicted octanol–water partition coefficient (Wildman–Crippen LogP) is 0.325. The van der Waals surface area contributed by atoms with Crippen molar-refractivity contribution in [2.24, 2.45) is 0 Å². The third kappa shape index (κ3) is 1.43. The zero-order chi connectivity index (χ0) is 5.82. The molecule has 0 spiro atoms. The monoisotopic (exact) mass is 127 g/mol. The molecule has 44 valence electrons. The Kier molecular flexibility index (Phi) is 2.26. The van der Waals surface area contributed by atoms with Crippen LogP contribution >= 0.6 is 11.8 Å². The highest BCUT2D eigenvalue weighted by Gasteiger charge is 2.07. The van der Waals surface area contributed by atoms with Crippen LogP contribution in [0.3, 0.4) is 0 Å². The Labute approximate surface area is 54.2 Å². The van der Waals surface area contributed by atoms with E-state index in [0.717, 1.165) is 12.3 Å². The van der Waals surface area contributed by atoms with Gasteiger partial charge in [-0.25, -0.2) is 0 Å². The van der Waals surface area contributed by atoms with Gasteiger partial charge in [0, 0.05) is 18.1 Å². The van der Waals surface area contributed by atoms with E-state index in [9.17, 15) is 0 Å². The molecule has 0 aromatic carbocycles. The molecule has 8 heavy (non-hydrogen) atoms. The van der Waals surface area contributed by atoms with Crippen LogP contribution in [0.15, 0.2) is 0 Å². The molecule has 0 aromatic rings. The second-order valence-corrected chi connectivity index (χ2v) is 2.90. The van der Waals surface area contributed by atoms with Crippen LogP contribution in [0.4, 0.5) is 0 Å². The Hall–Kier alpha value is -0.130. The van der Waals surface area contributed by atoms with Crippen molar-refractivity contribution < 1.29 is 0 Å². The molecular weight excluding hydrogens is 118 g/mol. The Bertz CT molecular complexity index is 99.6. The number of hydrogen-bond acceptors (Lipinski definition) is 2. The second-order valence-electron chi connectivity index (χ2n) is 1.75. The van der Waals surface area contributed by atoms with Crippen LogP contribution in [0.25, 0.3) is 0 Å². The third-order valence-corrected chi connectivity index (χ3v) is 2.18. The quantitative estimate of drug-likeness (QED) is 0.470. The van der Waals surface area contributed by atoms with Gasteiger partial charge in [0.25, 0.3) is 0 Å². The lowest BCUT2D eigenvalue weighted by Gasteiger charge is -2.17. The average Bonchev–Trinajstić information content (AvgIpc) is 1.90. The summed E-state index contributed by atoms with van der Waals surface area (Å²) in [6, 6.07) is 0.328. The van der Waals surface area contributed by atoms with Crippen molar-refractivity contribution in [1.82, 2.24) is 5.32 Å². The average molecular weight is 127 g/mol. The molecule has 1 aliphatic rings. The first-order valence-electron chi connectivity index (χ1n) is 2.71. The largest absolute Gasteiger partial charge is 0.302 e. The molecular formula is C6H9NS. The first kappa shape index (κ1) is 6.00. The fraction of sp³-hybridized carbons (Fsp3) is 0.667. The molecule has 1 atom stereocenters. The molecule has 1 fully saturated rings. The maximum Gasteiger partial charge on any atom is 0.0778 e. The van der Waals surface area contributed by atoms with Crippen LogP contribution in [0.1, 0.15) is 0 Å². The van der Waals surface area contributed by atoms with E-state index >= 15 is 0 Å². The van der Waals surface area contributed by atoms with Crippen molar-refractivity contribution in [1.29, 1.82) is 0 Å². The highest BCUT2D eigenvalue weighted by Crippen LogP contribution is 2.05. The molecule has 1 saturated heterocycles. The number of rotatable bonds is 0. The van der Waals surface area contributed by atoms with E-state index in [0.29, 0.717) is 6.04 Å². The SMILES string of the molecule is C#CC1CSCCN1. The molecule has 2 heteroatoms. The molecule has 1 aliphatic heterocycles. The molecule has 1 nitrogen and oxygen atoms in total. The zero-order valence-corrected chi connectivity index (χ0v) is 5.50. The van der Waals surface area contributed by atoms with Crippen molar-refractivity contribution >= 4 is 11.8 Å². The summed E-state index contributed by atoms with van der Waals surface area (Å²) in [7, 11) is 0. The maximum atomic E-state index is 5.18. The number of nitrogens with one attached hydrogen (secondary N) is 1. The van der Waals surface area contributed by atoms with Gasteiger partial charge >= 0.3 is 0 Å². The molecule has 0 bridgehead atoms. The summed E-state index contributed by atoms with van der Waals surface area (Å²) in [4.78, 5) is 0. The zero-order valence-electron chi connectivity index (χ0n) is 4.68. The second kappa shape index (κ2) is 3.01. The molecule has 0 saturated carbocycles. The molecule has 0 aliphatic carbocycles. The Balaban J connectivity index is 2.25. The van der Waals surface area contributed by atoms with E-state index in [1.54, 1.807) is 0 Å². The number of thioether (sulfide) groups is 1. The van der Waals surface area contributed by atoms with Gasteiger partial charge in [0.1, 0.15) is 0 Å². The fourth-order valence-corrected chi connectivity index (χ4v) is 1.55. The van der Waals surface area contributed by atoms with Gasteiger partial charge in [0.2, 0.25) is 0 Å². The summed E-state index contributed by atoms with van der Waals surface area (Å²) in [6.07, 6.45) is 5.18. The minimum absolute atomic E-state index is 0.328. The van der Waals surface area contributed by atoms with Crippen LogP contribution in [-0.4, -0.2) is 24.1 Å². The summed E-state index contributed by atoms with van der Waals surface area (Å²) in [5, 5.41) is 3.21. The highest BCUT2D eigenvalue weighted by molar-refractivity contribution is 7.99. The standard InChI is InChI=1S/C6H9NS/c1-2-6-5-8-4-3-7-6/h1,6-7H,3-5H2. The van der Waals surface area contributed by atoms with Gasteiger partial charge < -0.3 is 5.32 Å². The van der Waals surface area contributed by atoms with E-state index in [1.165, 1.54) is 5.75 Å². The van der Waals surface area contributed by atoms with Gasteiger partial charge in [-0.1, -0.05) is 5.92 Å². The topological polar surface area (TPSA) is 12.0 Å². The minimum atomic E-state index is 0.328. The van der Waals surface area contributed by atoms with Gasteiger partial charge in [-0.2, -0.15) is 11.8 Å². The first-order valence-corrected chi connectivity index (χ1v) is 3.86. The normalized spacial score (nSPS) is 29.1. The summed E-state index contributed by atoms with van der Waals surface area (Å²) in [5.41, 5.74) is 0. The first-order chi connectivity index (χ1) is 3.93. The molecule has 1 rings (SSSR count). The van der Waals surface area contributed by atoms with E-state index in [1.807, 2.05) is 11.8 Å².